The van der Waals surface area contributed by atoms with Crippen LogP contribution in [0.5, 0.6) is 0 Å². The van der Waals surface area contributed by atoms with Gasteiger partial charge in [-0.15, -0.1) is 0 Å². The van der Waals surface area contributed by atoms with Gasteiger partial charge in [-0.05, 0) is 18.6 Å². The summed E-state index contributed by atoms with van der Waals surface area (Å²) in [6.07, 6.45) is -5.70. The molecule has 84 valence electrons. The van der Waals surface area contributed by atoms with Crippen molar-refractivity contribution < 1.29 is 22.7 Å². The summed E-state index contributed by atoms with van der Waals surface area (Å²) in [6, 6.07) is 3.04. The number of benzene rings is 1. The van der Waals surface area contributed by atoms with Crippen LogP contribution in [0.1, 0.15) is 18.1 Å². The Kier molecular flexibility index (Phi) is 3.34. The van der Waals surface area contributed by atoms with Crippen molar-refractivity contribution in [3.63, 3.8) is 0 Å². The fourth-order valence-electron chi connectivity index (χ4n) is 1.27. The van der Waals surface area contributed by atoms with Gasteiger partial charge in [-0.3, -0.25) is 0 Å². The molecule has 1 rings (SSSR count). The maximum absolute atomic E-state index is 13.3. The molecule has 0 heterocycles. The molecule has 0 spiro atoms. The van der Waals surface area contributed by atoms with Crippen molar-refractivity contribution in [2.45, 2.75) is 25.6 Å². The fraction of sp³-hybridized carbons (Fsp3) is 0.400. The van der Waals surface area contributed by atoms with Crippen molar-refractivity contribution >= 4 is 0 Å². The molecule has 0 radical (unpaired) electrons. The second kappa shape index (κ2) is 4.18. The zero-order valence-electron chi connectivity index (χ0n) is 7.98. The van der Waals surface area contributed by atoms with Crippen LogP contribution in [0.2, 0.25) is 0 Å². The molecular formula is C10H10F4O. The number of aliphatic hydroxyl groups excluding tert-OH is 1. The van der Waals surface area contributed by atoms with Crippen LogP contribution in [0.4, 0.5) is 17.6 Å². The number of alkyl halides is 3. The molecule has 0 aliphatic heterocycles. The Morgan fingerprint density at radius 3 is 2.40 bits per heavy atom. The Balaban J connectivity index is 3.12. The van der Waals surface area contributed by atoms with E-state index in [-0.39, 0.29) is 12.0 Å². The lowest BCUT2D eigenvalue weighted by Gasteiger charge is -2.11. The first kappa shape index (κ1) is 12.0. The number of halogens is 4. The molecule has 15 heavy (non-hydrogen) atoms. The summed E-state index contributed by atoms with van der Waals surface area (Å²) >= 11 is 0. The van der Waals surface area contributed by atoms with Gasteiger partial charge in [0.15, 0.2) is 0 Å². The third-order valence-corrected chi connectivity index (χ3v) is 1.90. The van der Waals surface area contributed by atoms with Crippen molar-refractivity contribution in [2.24, 2.45) is 0 Å². The SMILES string of the molecule is C[C@@H](O)Cc1cccc(C(F)(F)F)c1F. The average molecular weight is 222 g/mol. The molecule has 5 heteroatoms. The Morgan fingerprint density at radius 1 is 1.33 bits per heavy atom. The van der Waals surface area contributed by atoms with Gasteiger partial charge < -0.3 is 5.11 Å². The molecule has 0 saturated heterocycles. The van der Waals surface area contributed by atoms with Crippen LogP contribution in [-0.2, 0) is 12.6 Å². The minimum Gasteiger partial charge on any atom is -0.393 e. The van der Waals surface area contributed by atoms with Gasteiger partial charge in [0.05, 0.1) is 11.7 Å². The molecule has 0 saturated carbocycles. The van der Waals surface area contributed by atoms with E-state index in [1.165, 1.54) is 13.0 Å². The van der Waals surface area contributed by atoms with Crippen LogP contribution in [0.15, 0.2) is 18.2 Å². The van der Waals surface area contributed by atoms with Gasteiger partial charge >= 0.3 is 6.18 Å². The highest BCUT2D eigenvalue weighted by Gasteiger charge is 2.34. The summed E-state index contributed by atoms with van der Waals surface area (Å²) in [5.74, 6) is -1.30. The molecule has 0 aliphatic carbocycles. The lowest BCUT2D eigenvalue weighted by molar-refractivity contribution is -0.140. The van der Waals surface area contributed by atoms with Crippen LogP contribution < -0.4 is 0 Å². The number of aliphatic hydroxyl groups is 1. The number of hydrogen-bond acceptors (Lipinski definition) is 1. The van der Waals surface area contributed by atoms with Crippen LogP contribution >= 0.6 is 0 Å². The Hall–Kier alpha value is -1.10. The minimum atomic E-state index is -4.70. The topological polar surface area (TPSA) is 20.2 Å². The molecule has 0 aliphatic rings. The van der Waals surface area contributed by atoms with Crippen LogP contribution in [0.25, 0.3) is 0 Å². The number of hydrogen-bond donors (Lipinski definition) is 1. The molecule has 0 fully saturated rings. The summed E-state index contributed by atoms with van der Waals surface area (Å²) in [5.41, 5.74) is -1.42. The average Bonchev–Trinajstić information content (AvgIpc) is 2.05. The van der Waals surface area contributed by atoms with Gasteiger partial charge in [0, 0.05) is 6.42 Å². The van der Waals surface area contributed by atoms with Crippen molar-refractivity contribution in [1.29, 1.82) is 0 Å². The molecule has 0 amide bonds. The minimum absolute atomic E-state index is 0.125. The van der Waals surface area contributed by atoms with Gasteiger partial charge in [-0.1, -0.05) is 12.1 Å². The first-order valence-corrected chi connectivity index (χ1v) is 4.35. The zero-order chi connectivity index (χ0) is 11.6. The first-order chi connectivity index (χ1) is 6.82. The summed E-state index contributed by atoms with van der Waals surface area (Å²) in [5, 5.41) is 8.98. The Bertz CT molecular complexity index is 344. The second-order valence-electron chi connectivity index (χ2n) is 3.33. The zero-order valence-corrected chi connectivity index (χ0v) is 7.98. The van der Waals surface area contributed by atoms with E-state index in [0.29, 0.717) is 6.07 Å². The van der Waals surface area contributed by atoms with E-state index >= 15 is 0 Å². The van der Waals surface area contributed by atoms with E-state index in [1.54, 1.807) is 0 Å². The predicted octanol–water partition coefficient (Wildman–Crippen LogP) is 2.77. The van der Waals surface area contributed by atoms with Crippen molar-refractivity contribution in [3.8, 4) is 0 Å². The lowest BCUT2D eigenvalue weighted by Crippen LogP contribution is -2.12. The van der Waals surface area contributed by atoms with Gasteiger partial charge in [0.25, 0.3) is 0 Å². The second-order valence-corrected chi connectivity index (χ2v) is 3.33. The third-order valence-electron chi connectivity index (χ3n) is 1.90. The summed E-state index contributed by atoms with van der Waals surface area (Å²) in [6.45, 7) is 1.39. The van der Waals surface area contributed by atoms with Gasteiger partial charge in [-0.25, -0.2) is 4.39 Å². The van der Waals surface area contributed by atoms with E-state index in [4.69, 9.17) is 5.11 Å². The molecule has 0 unspecified atom stereocenters. The largest absolute Gasteiger partial charge is 0.419 e. The lowest BCUT2D eigenvalue weighted by atomic mass is 10.0. The fourth-order valence-corrected chi connectivity index (χ4v) is 1.27. The highest BCUT2D eigenvalue weighted by Crippen LogP contribution is 2.32. The number of rotatable bonds is 2. The predicted molar refractivity (Wildman–Crippen MR) is 46.8 cm³/mol. The molecule has 1 nitrogen and oxygen atoms in total. The van der Waals surface area contributed by atoms with E-state index in [9.17, 15) is 17.6 Å². The maximum Gasteiger partial charge on any atom is 0.419 e. The van der Waals surface area contributed by atoms with Gasteiger partial charge in [0.1, 0.15) is 5.82 Å². The Labute approximate surface area is 84.3 Å². The van der Waals surface area contributed by atoms with Crippen LogP contribution in [-0.4, -0.2) is 11.2 Å². The van der Waals surface area contributed by atoms with Crippen molar-refractivity contribution in [1.82, 2.24) is 0 Å². The monoisotopic (exact) mass is 222 g/mol. The van der Waals surface area contributed by atoms with E-state index < -0.39 is 23.7 Å². The van der Waals surface area contributed by atoms with Crippen LogP contribution in [0, 0.1) is 5.82 Å². The third kappa shape index (κ3) is 2.92. The van der Waals surface area contributed by atoms with E-state index in [0.717, 1.165) is 6.07 Å². The van der Waals surface area contributed by atoms with E-state index in [2.05, 4.69) is 0 Å². The molecule has 0 aromatic heterocycles. The molecular weight excluding hydrogens is 212 g/mol. The Morgan fingerprint density at radius 2 is 1.93 bits per heavy atom. The quantitative estimate of drug-likeness (QED) is 0.763. The summed E-state index contributed by atoms with van der Waals surface area (Å²) in [7, 11) is 0. The van der Waals surface area contributed by atoms with Crippen molar-refractivity contribution in [3.05, 3.63) is 35.1 Å². The highest BCUT2D eigenvalue weighted by molar-refractivity contribution is 5.28. The molecule has 1 aromatic rings. The summed E-state index contributed by atoms with van der Waals surface area (Å²) in [4.78, 5) is 0. The maximum atomic E-state index is 13.3. The van der Waals surface area contributed by atoms with Gasteiger partial charge in [-0.2, -0.15) is 13.2 Å². The first-order valence-electron chi connectivity index (χ1n) is 4.35. The van der Waals surface area contributed by atoms with E-state index in [1.807, 2.05) is 0 Å². The molecule has 0 bridgehead atoms. The molecule has 1 aromatic carbocycles. The summed E-state index contributed by atoms with van der Waals surface area (Å²) < 4.78 is 50.1. The standard InChI is InChI=1S/C10H10F4O/c1-6(15)5-7-3-2-4-8(9(7)11)10(12,13)14/h2-4,6,15H,5H2,1H3/t6-/m1/s1. The molecule has 1 atom stereocenters. The normalized spacial score (nSPS) is 14.0. The van der Waals surface area contributed by atoms with Gasteiger partial charge in [0.2, 0.25) is 0 Å². The van der Waals surface area contributed by atoms with Crippen LogP contribution in [0.3, 0.4) is 0 Å². The molecule has 1 N–H and O–H groups in total. The highest BCUT2D eigenvalue weighted by atomic mass is 19.4. The van der Waals surface area contributed by atoms with Crippen molar-refractivity contribution in [2.75, 3.05) is 0 Å². The smallest absolute Gasteiger partial charge is 0.393 e.